The lowest BCUT2D eigenvalue weighted by atomic mass is 10.1. The maximum atomic E-state index is 12.2. The third-order valence-corrected chi connectivity index (χ3v) is 3.64. The van der Waals surface area contributed by atoms with E-state index in [-0.39, 0.29) is 5.91 Å². The molecule has 0 atom stereocenters. The molecule has 5 heteroatoms. The quantitative estimate of drug-likeness (QED) is 0.808. The molecule has 0 aliphatic rings. The van der Waals surface area contributed by atoms with Gasteiger partial charge in [-0.3, -0.25) is 4.79 Å². The highest BCUT2D eigenvalue weighted by molar-refractivity contribution is 6.02. The summed E-state index contributed by atoms with van der Waals surface area (Å²) in [5.74, 6) is 1.34. The van der Waals surface area contributed by atoms with Crippen molar-refractivity contribution in [2.45, 2.75) is 13.8 Å². The number of ether oxygens (including phenoxy) is 3. The number of carbonyl (C=O) groups is 1. The molecule has 0 aliphatic heterocycles. The Kier molecular flexibility index (Phi) is 6.06. The van der Waals surface area contributed by atoms with Crippen LogP contribution in [0.2, 0.25) is 0 Å². The van der Waals surface area contributed by atoms with Gasteiger partial charge in [-0.15, -0.1) is 0 Å². The standard InChI is InChI=1S/C20H23NO4/c1-13-10-14(2)12-16(11-13)21-18(22)9-7-15-6-8-17(23-3)20(25-5)19(15)24-4/h6-12H,1-5H3,(H,21,22). The fourth-order valence-electron chi connectivity index (χ4n) is 2.65. The highest BCUT2D eigenvalue weighted by atomic mass is 16.5. The third-order valence-electron chi connectivity index (χ3n) is 3.64. The largest absolute Gasteiger partial charge is 0.493 e. The summed E-state index contributed by atoms with van der Waals surface area (Å²) in [6, 6.07) is 9.48. The zero-order chi connectivity index (χ0) is 18.4. The highest BCUT2D eigenvalue weighted by Gasteiger charge is 2.14. The topological polar surface area (TPSA) is 56.8 Å². The molecule has 0 heterocycles. The van der Waals surface area contributed by atoms with Gasteiger partial charge in [0.15, 0.2) is 11.5 Å². The maximum absolute atomic E-state index is 12.2. The van der Waals surface area contributed by atoms with Crippen molar-refractivity contribution in [2.24, 2.45) is 0 Å². The van der Waals surface area contributed by atoms with Crippen LogP contribution in [-0.2, 0) is 4.79 Å². The van der Waals surface area contributed by atoms with Gasteiger partial charge in [0.25, 0.3) is 0 Å². The molecular weight excluding hydrogens is 318 g/mol. The van der Waals surface area contributed by atoms with E-state index >= 15 is 0 Å². The van der Waals surface area contributed by atoms with Crippen molar-refractivity contribution in [1.82, 2.24) is 0 Å². The fourth-order valence-corrected chi connectivity index (χ4v) is 2.65. The minimum Gasteiger partial charge on any atom is -0.493 e. The van der Waals surface area contributed by atoms with Crippen LogP contribution in [0.25, 0.3) is 6.08 Å². The fraction of sp³-hybridized carbons (Fsp3) is 0.250. The predicted molar refractivity (Wildman–Crippen MR) is 99.7 cm³/mol. The van der Waals surface area contributed by atoms with Crippen LogP contribution in [0.5, 0.6) is 17.2 Å². The van der Waals surface area contributed by atoms with Crippen molar-refractivity contribution >= 4 is 17.7 Å². The van der Waals surface area contributed by atoms with Crippen LogP contribution >= 0.6 is 0 Å². The number of benzene rings is 2. The summed E-state index contributed by atoms with van der Waals surface area (Å²) in [4.78, 5) is 12.2. The molecule has 1 N–H and O–H groups in total. The number of hydrogen-bond donors (Lipinski definition) is 1. The molecule has 5 nitrogen and oxygen atoms in total. The Morgan fingerprint density at radius 2 is 1.56 bits per heavy atom. The molecular formula is C20H23NO4. The number of anilines is 1. The Labute approximate surface area is 148 Å². The number of amides is 1. The average Bonchev–Trinajstić information content (AvgIpc) is 2.57. The minimum absolute atomic E-state index is 0.221. The van der Waals surface area contributed by atoms with Crippen molar-refractivity contribution in [3.8, 4) is 17.2 Å². The SMILES string of the molecule is COc1ccc(C=CC(=O)Nc2cc(C)cc(C)c2)c(OC)c1OC. The van der Waals surface area contributed by atoms with E-state index < -0.39 is 0 Å². The van der Waals surface area contributed by atoms with Crippen LogP contribution < -0.4 is 19.5 Å². The van der Waals surface area contributed by atoms with E-state index in [1.54, 1.807) is 39.5 Å². The molecule has 2 aromatic carbocycles. The van der Waals surface area contributed by atoms with E-state index in [0.717, 1.165) is 22.4 Å². The molecule has 2 aromatic rings. The van der Waals surface area contributed by atoms with Gasteiger partial charge in [-0.05, 0) is 55.3 Å². The Balaban J connectivity index is 2.22. The minimum atomic E-state index is -0.221. The van der Waals surface area contributed by atoms with Gasteiger partial charge >= 0.3 is 0 Å². The van der Waals surface area contributed by atoms with Gasteiger partial charge in [0.05, 0.1) is 21.3 Å². The normalized spacial score (nSPS) is 10.6. The van der Waals surface area contributed by atoms with Gasteiger partial charge < -0.3 is 19.5 Å². The number of carbonyl (C=O) groups excluding carboxylic acids is 1. The smallest absolute Gasteiger partial charge is 0.248 e. The second-order valence-electron chi connectivity index (χ2n) is 5.62. The lowest BCUT2D eigenvalue weighted by molar-refractivity contribution is -0.111. The monoisotopic (exact) mass is 341 g/mol. The van der Waals surface area contributed by atoms with Crippen LogP contribution in [0, 0.1) is 13.8 Å². The second kappa shape index (κ2) is 8.24. The van der Waals surface area contributed by atoms with E-state index in [0.29, 0.717) is 17.2 Å². The zero-order valence-corrected chi connectivity index (χ0v) is 15.2. The lowest BCUT2D eigenvalue weighted by Gasteiger charge is -2.14. The first kappa shape index (κ1) is 18.4. The molecule has 0 aromatic heterocycles. The molecule has 0 saturated carbocycles. The summed E-state index contributed by atoms with van der Waals surface area (Å²) in [5.41, 5.74) is 3.68. The van der Waals surface area contributed by atoms with E-state index in [2.05, 4.69) is 11.4 Å². The molecule has 0 unspecified atom stereocenters. The number of hydrogen-bond acceptors (Lipinski definition) is 4. The van der Waals surface area contributed by atoms with Crippen LogP contribution in [0.15, 0.2) is 36.4 Å². The predicted octanol–water partition coefficient (Wildman–Crippen LogP) is 3.98. The number of nitrogens with one attached hydrogen (secondary N) is 1. The van der Waals surface area contributed by atoms with Crippen molar-refractivity contribution in [2.75, 3.05) is 26.6 Å². The van der Waals surface area contributed by atoms with Gasteiger partial charge in [-0.1, -0.05) is 6.07 Å². The van der Waals surface area contributed by atoms with Gasteiger partial charge in [0.1, 0.15) is 0 Å². The molecule has 0 fully saturated rings. The zero-order valence-electron chi connectivity index (χ0n) is 15.2. The first-order valence-corrected chi connectivity index (χ1v) is 7.84. The number of rotatable bonds is 6. The molecule has 0 spiro atoms. The highest BCUT2D eigenvalue weighted by Crippen LogP contribution is 2.40. The molecule has 2 rings (SSSR count). The second-order valence-corrected chi connectivity index (χ2v) is 5.62. The summed E-state index contributed by atoms with van der Waals surface area (Å²) >= 11 is 0. The van der Waals surface area contributed by atoms with Crippen molar-refractivity contribution in [1.29, 1.82) is 0 Å². The summed E-state index contributed by atoms with van der Waals surface area (Å²) < 4.78 is 16.0. The number of aryl methyl sites for hydroxylation is 2. The Hall–Kier alpha value is -2.95. The molecule has 0 saturated heterocycles. The molecule has 0 bridgehead atoms. The summed E-state index contributed by atoms with van der Waals surface area (Å²) in [6.07, 6.45) is 3.14. The Morgan fingerprint density at radius 1 is 0.920 bits per heavy atom. The summed E-state index contributed by atoms with van der Waals surface area (Å²) in [5, 5.41) is 2.86. The molecule has 0 aliphatic carbocycles. The van der Waals surface area contributed by atoms with Crippen molar-refractivity contribution in [3.63, 3.8) is 0 Å². The van der Waals surface area contributed by atoms with Crippen LogP contribution in [0.1, 0.15) is 16.7 Å². The Bertz CT molecular complexity index is 776. The van der Waals surface area contributed by atoms with E-state index in [9.17, 15) is 4.79 Å². The van der Waals surface area contributed by atoms with Crippen LogP contribution in [-0.4, -0.2) is 27.2 Å². The first-order valence-electron chi connectivity index (χ1n) is 7.84. The van der Waals surface area contributed by atoms with Gasteiger partial charge in [-0.25, -0.2) is 0 Å². The van der Waals surface area contributed by atoms with Crippen molar-refractivity contribution < 1.29 is 19.0 Å². The van der Waals surface area contributed by atoms with Crippen LogP contribution in [0.4, 0.5) is 5.69 Å². The van der Waals surface area contributed by atoms with Gasteiger partial charge in [0.2, 0.25) is 11.7 Å². The van der Waals surface area contributed by atoms with E-state index in [1.165, 1.54) is 6.08 Å². The molecule has 1 amide bonds. The Morgan fingerprint density at radius 3 is 2.12 bits per heavy atom. The number of methoxy groups -OCH3 is 3. The summed E-state index contributed by atoms with van der Waals surface area (Å²) in [6.45, 7) is 3.99. The van der Waals surface area contributed by atoms with E-state index in [4.69, 9.17) is 14.2 Å². The average molecular weight is 341 g/mol. The van der Waals surface area contributed by atoms with Crippen LogP contribution in [0.3, 0.4) is 0 Å². The molecule has 25 heavy (non-hydrogen) atoms. The first-order chi connectivity index (χ1) is 12.0. The van der Waals surface area contributed by atoms with Gasteiger partial charge in [0, 0.05) is 17.3 Å². The lowest BCUT2D eigenvalue weighted by Crippen LogP contribution is -2.08. The van der Waals surface area contributed by atoms with E-state index in [1.807, 2.05) is 26.0 Å². The van der Waals surface area contributed by atoms with Crippen molar-refractivity contribution in [3.05, 3.63) is 53.1 Å². The molecule has 132 valence electrons. The third kappa shape index (κ3) is 4.53. The van der Waals surface area contributed by atoms with Gasteiger partial charge in [-0.2, -0.15) is 0 Å². The summed E-state index contributed by atoms with van der Waals surface area (Å²) in [7, 11) is 4.65. The molecule has 0 radical (unpaired) electrons. The maximum Gasteiger partial charge on any atom is 0.248 e.